The average molecular weight is 527 g/mol. The van der Waals surface area contributed by atoms with E-state index in [1.807, 2.05) is 0 Å². The van der Waals surface area contributed by atoms with Crippen LogP contribution in [0.3, 0.4) is 0 Å². The van der Waals surface area contributed by atoms with Crippen molar-refractivity contribution in [1.82, 2.24) is 0 Å². The van der Waals surface area contributed by atoms with Gasteiger partial charge in [-0.05, 0) is 50.4 Å². The van der Waals surface area contributed by atoms with Gasteiger partial charge in [0.25, 0.3) is 0 Å². The summed E-state index contributed by atoms with van der Waals surface area (Å²) in [5, 5.41) is 4.14. The second-order valence-corrected chi connectivity index (χ2v) is 14.3. The molecule has 0 heterocycles. The lowest BCUT2D eigenvalue weighted by atomic mass is 9.80. The van der Waals surface area contributed by atoms with E-state index in [1.54, 1.807) is 0 Å². The zero-order chi connectivity index (χ0) is 26.5. The minimum atomic E-state index is -0.0271. The lowest BCUT2D eigenvalue weighted by Gasteiger charge is -2.29. The van der Waals surface area contributed by atoms with Crippen molar-refractivity contribution in [2.45, 2.75) is 65.1 Å². The lowest BCUT2D eigenvalue weighted by molar-refractivity contribution is 0.300. The Kier molecular flexibility index (Phi) is 8.90. The molecule has 0 saturated heterocycles. The van der Waals surface area contributed by atoms with Crippen molar-refractivity contribution in [2.24, 2.45) is 0 Å². The van der Waals surface area contributed by atoms with Gasteiger partial charge in [0.15, 0.2) is 0 Å². The summed E-state index contributed by atoms with van der Waals surface area (Å²) in [5.41, 5.74) is 5.33. The van der Waals surface area contributed by atoms with E-state index in [9.17, 15) is 0 Å². The van der Waals surface area contributed by atoms with E-state index < -0.39 is 0 Å². The number of rotatable bonds is 8. The van der Waals surface area contributed by atoms with E-state index in [0.717, 1.165) is 20.5 Å². The van der Waals surface area contributed by atoms with Gasteiger partial charge in [-0.2, -0.15) is 0 Å². The van der Waals surface area contributed by atoms with E-state index >= 15 is 0 Å². The van der Waals surface area contributed by atoms with Crippen LogP contribution in [0.4, 0.5) is 0 Å². The highest BCUT2D eigenvalue weighted by Crippen LogP contribution is 2.38. The standard InChI is InChI=1S/C34H40OP2/c1-33(2,3)27-21-29(34(4,5)6)32(35-23-25-15-9-7-10-16-25)31(22-27)37-30-20-14-13-17-26(30)24-36-28-18-11-8-12-19-28/h7-22,36-37H,23-24H2,1-6H3. The molecule has 0 bridgehead atoms. The van der Waals surface area contributed by atoms with Crippen molar-refractivity contribution < 1.29 is 4.74 Å². The highest BCUT2D eigenvalue weighted by atomic mass is 31.1. The van der Waals surface area contributed by atoms with Gasteiger partial charge in [0, 0.05) is 10.9 Å². The van der Waals surface area contributed by atoms with Crippen LogP contribution in [0, 0.1) is 0 Å². The molecule has 4 aromatic rings. The Morgan fingerprint density at radius 1 is 0.649 bits per heavy atom. The fourth-order valence-electron chi connectivity index (χ4n) is 4.29. The van der Waals surface area contributed by atoms with Crippen molar-refractivity contribution in [2.75, 3.05) is 0 Å². The molecule has 3 heteroatoms. The molecule has 0 saturated carbocycles. The molecule has 0 amide bonds. The zero-order valence-corrected chi connectivity index (χ0v) is 25.1. The monoisotopic (exact) mass is 526 g/mol. The van der Waals surface area contributed by atoms with Crippen LogP contribution in [-0.2, 0) is 23.6 Å². The normalized spacial score (nSPS) is 12.6. The first-order chi connectivity index (χ1) is 17.6. The molecule has 1 nitrogen and oxygen atoms in total. The van der Waals surface area contributed by atoms with E-state index in [1.165, 1.54) is 38.2 Å². The van der Waals surface area contributed by atoms with E-state index in [2.05, 4.69) is 139 Å². The third-order valence-corrected chi connectivity index (χ3v) is 9.23. The van der Waals surface area contributed by atoms with Crippen LogP contribution in [0.25, 0.3) is 0 Å². The summed E-state index contributed by atoms with van der Waals surface area (Å²) < 4.78 is 6.70. The summed E-state index contributed by atoms with van der Waals surface area (Å²) in [6.45, 7) is 14.4. The van der Waals surface area contributed by atoms with Gasteiger partial charge in [0.05, 0.1) is 0 Å². The predicted molar refractivity (Wildman–Crippen MR) is 167 cm³/mol. The summed E-state index contributed by atoms with van der Waals surface area (Å²) in [6.07, 6.45) is 1.07. The maximum Gasteiger partial charge on any atom is 0.131 e. The van der Waals surface area contributed by atoms with Crippen LogP contribution >= 0.6 is 17.2 Å². The van der Waals surface area contributed by atoms with Crippen molar-refractivity contribution in [1.29, 1.82) is 0 Å². The third-order valence-electron chi connectivity index (χ3n) is 6.53. The molecule has 2 unspecified atom stereocenters. The fourth-order valence-corrected chi connectivity index (χ4v) is 6.95. The quantitative estimate of drug-likeness (QED) is 0.211. The Morgan fingerprint density at radius 3 is 1.92 bits per heavy atom. The Labute approximate surface area is 227 Å². The molecular weight excluding hydrogens is 486 g/mol. The van der Waals surface area contributed by atoms with Crippen LogP contribution in [-0.4, -0.2) is 0 Å². The van der Waals surface area contributed by atoms with Crippen molar-refractivity contribution in [3.8, 4) is 5.75 Å². The van der Waals surface area contributed by atoms with Crippen molar-refractivity contribution >= 4 is 33.1 Å². The molecule has 0 spiro atoms. The maximum atomic E-state index is 6.70. The Balaban J connectivity index is 1.74. The highest BCUT2D eigenvalue weighted by Gasteiger charge is 2.26. The Bertz CT molecular complexity index is 1300. The average Bonchev–Trinajstić information content (AvgIpc) is 2.87. The number of hydrogen-bond acceptors (Lipinski definition) is 1. The van der Waals surface area contributed by atoms with Gasteiger partial charge < -0.3 is 4.74 Å². The summed E-state index contributed by atoms with van der Waals surface area (Å²) >= 11 is 0. The van der Waals surface area contributed by atoms with Gasteiger partial charge in [-0.3, -0.25) is 0 Å². The molecule has 0 aliphatic heterocycles. The lowest BCUT2D eigenvalue weighted by Crippen LogP contribution is -2.23. The number of hydrogen-bond donors (Lipinski definition) is 0. The number of ether oxygens (including phenoxy) is 1. The molecule has 0 aliphatic carbocycles. The van der Waals surface area contributed by atoms with Crippen LogP contribution in [0.2, 0.25) is 0 Å². The van der Waals surface area contributed by atoms with Gasteiger partial charge in [-0.25, -0.2) is 0 Å². The Morgan fingerprint density at radius 2 is 1.27 bits per heavy atom. The second kappa shape index (κ2) is 11.9. The topological polar surface area (TPSA) is 9.23 Å². The summed E-state index contributed by atoms with van der Waals surface area (Å²) in [5.74, 6) is 1.06. The predicted octanol–water partition coefficient (Wildman–Crippen LogP) is 7.99. The van der Waals surface area contributed by atoms with Crippen LogP contribution < -0.4 is 20.7 Å². The summed E-state index contributed by atoms with van der Waals surface area (Å²) in [7, 11) is 1.31. The van der Waals surface area contributed by atoms with Gasteiger partial charge in [0.1, 0.15) is 12.4 Å². The molecule has 0 radical (unpaired) electrons. The third kappa shape index (κ3) is 7.54. The minimum Gasteiger partial charge on any atom is -0.488 e. The van der Waals surface area contributed by atoms with E-state index in [4.69, 9.17) is 4.74 Å². The van der Waals surface area contributed by atoms with Crippen molar-refractivity contribution in [3.63, 3.8) is 0 Å². The molecule has 4 aromatic carbocycles. The van der Waals surface area contributed by atoms with E-state index in [0.29, 0.717) is 15.2 Å². The van der Waals surface area contributed by atoms with Crippen LogP contribution in [0.5, 0.6) is 5.75 Å². The first-order valence-corrected chi connectivity index (χ1v) is 15.3. The molecule has 192 valence electrons. The molecule has 4 rings (SSSR count). The SMILES string of the molecule is CC(C)(C)c1cc(Pc2ccccc2CPc2ccccc2)c(OCc2ccccc2)c(C(C)(C)C)c1. The van der Waals surface area contributed by atoms with Gasteiger partial charge in [-0.15, -0.1) is 0 Å². The van der Waals surface area contributed by atoms with Gasteiger partial charge in [-0.1, -0.05) is 150 Å². The van der Waals surface area contributed by atoms with Gasteiger partial charge in [0.2, 0.25) is 0 Å². The van der Waals surface area contributed by atoms with Crippen LogP contribution in [0.1, 0.15) is 63.8 Å². The molecule has 37 heavy (non-hydrogen) atoms. The molecule has 0 N–H and O–H groups in total. The molecular formula is C34H40OP2. The first kappa shape index (κ1) is 27.6. The smallest absolute Gasteiger partial charge is 0.131 e. The molecule has 0 aromatic heterocycles. The van der Waals surface area contributed by atoms with Crippen LogP contribution in [0.15, 0.2) is 97.1 Å². The fraction of sp³-hybridized carbons (Fsp3) is 0.294. The largest absolute Gasteiger partial charge is 0.488 e. The Hall–Kier alpha value is -2.46. The zero-order valence-electron chi connectivity index (χ0n) is 23.1. The van der Waals surface area contributed by atoms with Crippen molar-refractivity contribution in [3.05, 3.63) is 119 Å². The number of benzene rings is 4. The highest BCUT2D eigenvalue weighted by molar-refractivity contribution is 7.56. The second-order valence-electron chi connectivity index (χ2n) is 11.7. The molecule has 0 aliphatic rings. The summed E-state index contributed by atoms with van der Waals surface area (Å²) in [4.78, 5) is 0. The van der Waals surface area contributed by atoms with Gasteiger partial charge >= 0.3 is 0 Å². The van der Waals surface area contributed by atoms with E-state index in [-0.39, 0.29) is 10.8 Å². The molecule has 2 atom stereocenters. The molecule has 0 fully saturated rings. The first-order valence-electron chi connectivity index (χ1n) is 13.1. The maximum absolute atomic E-state index is 6.70. The minimum absolute atomic E-state index is 0.0271. The summed E-state index contributed by atoms with van der Waals surface area (Å²) in [6, 6.07) is 35.1.